The number of hydrogen-bond acceptors (Lipinski definition) is 3. The molecule has 1 aliphatic rings. The van der Waals surface area contributed by atoms with Crippen LogP contribution in [0.3, 0.4) is 0 Å². The number of alkyl halides is 2. The lowest BCUT2D eigenvalue weighted by Gasteiger charge is -2.27. The highest BCUT2D eigenvalue weighted by atomic mass is 19.3. The molecule has 1 fully saturated rings. The van der Waals surface area contributed by atoms with Gasteiger partial charge in [0.15, 0.2) is 0 Å². The quantitative estimate of drug-likeness (QED) is 0.869. The Labute approximate surface area is 96.5 Å². The average Bonchev–Trinajstić information content (AvgIpc) is 2.23. The summed E-state index contributed by atoms with van der Waals surface area (Å²) in [4.78, 5) is 11.8. The smallest absolute Gasteiger partial charge is 0.387 e. The summed E-state index contributed by atoms with van der Waals surface area (Å²) in [6, 6.07) is 5.83. The topological polar surface area (TPSA) is 47.6 Å². The largest absolute Gasteiger partial charge is 0.434 e. The molecule has 0 bridgehead atoms. The Kier molecular flexibility index (Phi) is 3.53. The van der Waals surface area contributed by atoms with E-state index < -0.39 is 12.5 Å². The van der Waals surface area contributed by atoms with E-state index in [4.69, 9.17) is 4.74 Å². The molecule has 1 amide bonds. The van der Waals surface area contributed by atoms with Crippen LogP contribution in [0.4, 0.5) is 8.78 Å². The fourth-order valence-corrected chi connectivity index (χ4v) is 1.44. The van der Waals surface area contributed by atoms with Crippen LogP contribution in [0, 0.1) is 0 Å². The van der Waals surface area contributed by atoms with Gasteiger partial charge in [0, 0.05) is 0 Å². The van der Waals surface area contributed by atoms with Crippen LogP contribution < -0.4 is 10.1 Å². The van der Waals surface area contributed by atoms with E-state index in [2.05, 4.69) is 10.1 Å². The van der Waals surface area contributed by atoms with E-state index in [1.807, 2.05) is 0 Å². The molecule has 6 heteroatoms. The van der Waals surface area contributed by atoms with Crippen molar-refractivity contribution in [3.8, 4) is 5.75 Å². The van der Waals surface area contributed by atoms with Crippen molar-refractivity contribution in [1.29, 1.82) is 0 Å². The number of halogens is 2. The molecule has 4 nitrogen and oxygen atoms in total. The predicted molar refractivity (Wildman–Crippen MR) is 55.1 cm³/mol. The highest BCUT2D eigenvalue weighted by Gasteiger charge is 2.23. The molecule has 1 aromatic carbocycles. The SMILES string of the molecule is O=C(NC1COC1)c1ccccc1OC(F)F. The molecule has 92 valence electrons. The summed E-state index contributed by atoms with van der Waals surface area (Å²) in [7, 11) is 0. The van der Waals surface area contributed by atoms with Crippen LogP contribution in [0.15, 0.2) is 24.3 Å². The van der Waals surface area contributed by atoms with Crippen molar-refractivity contribution < 1.29 is 23.0 Å². The summed E-state index contributed by atoms with van der Waals surface area (Å²) >= 11 is 0. The highest BCUT2D eigenvalue weighted by molar-refractivity contribution is 5.97. The van der Waals surface area contributed by atoms with Crippen molar-refractivity contribution in [2.75, 3.05) is 13.2 Å². The van der Waals surface area contributed by atoms with Crippen LogP contribution in [0.25, 0.3) is 0 Å². The van der Waals surface area contributed by atoms with Gasteiger partial charge in [0.25, 0.3) is 5.91 Å². The number of hydrogen-bond donors (Lipinski definition) is 1. The Morgan fingerprint density at radius 3 is 2.71 bits per heavy atom. The third-order valence-electron chi connectivity index (χ3n) is 2.32. The number of benzene rings is 1. The zero-order chi connectivity index (χ0) is 12.3. The van der Waals surface area contributed by atoms with Crippen LogP contribution in [0.5, 0.6) is 5.75 Å². The molecule has 1 saturated heterocycles. The van der Waals surface area contributed by atoms with E-state index in [0.717, 1.165) is 0 Å². The maximum absolute atomic E-state index is 12.1. The van der Waals surface area contributed by atoms with Crippen LogP contribution in [0.2, 0.25) is 0 Å². The Hall–Kier alpha value is -1.69. The Bertz CT molecular complexity index is 407. The molecule has 0 aromatic heterocycles. The number of nitrogens with one attached hydrogen (secondary N) is 1. The van der Waals surface area contributed by atoms with Crippen molar-refractivity contribution in [2.45, 2.75) is 12.7 Å². The standard InChI is InChI=1S/C11H11F2NO3/c12-11(13)17-9-4-2-1-3-8(9)10(15)14-7-5-16-6-7/h1-4,7,11H,5-6H2,(H,14,15). The van der Waals surface area contributed by atoms with Gasteiger partial charge >= 0.3 is 6.61 Å². The number of ether oxygens (including phenoxy) is 2. The molecule has 0 unspecified atom stereocenters. The summed E-state index contributed by atoms with van der Waals surface area (Å²) in [5.74, 6) is -0.560. The lowest BCUT2D eigenvalue weighted by Crippen LogP contribution is -2.48. The monoisotopic (exact) mass is 243 g/mol. The van der Waals surface area contributed by atoms with Crippen molar-refractivity contribution in [3.05, 3.63) is 29.8 Å². The first-order valence-corrected chi connectivity index (χ1v) is 5.09. The minimum absolute atomic E-state index is 0.0536. The van der Waals surface area contributed by atoms with Crippen LogP contribution in [-0.2, 0) is 4.74 Å². The molecule has 0 atom stereocenters. The van der Waals surface area contributed by atoms with Gasteiger partial charge < -0.3 is 14.8 Å². The minimum Gasteiger partial charge on any atom is -0.434 e. The van der Waals surface area contributed by atoms with Gasteiger partial charge in [-0.1, -0.05) is 12.1 Å². The number of rotatable bonds is 4. The highest BCUT2D eigenvalue weighted by Crippen LogP contribution is 2.20. The minimum atomic E-state index is -2.95. The van der Waals surface area contributed by atoms with Crippen molar-refractivity contribution >= 4 is 5.91 Å². The van der Waals surface area contributed by atoms with Gasteiger partial charge in [-0.3, -0.25) is 4.79 Å². The van der Waals surface area contributed by atoms with Gasteiger partial charge in [-0.05, 0) is 12.1 Å². The summed E-state index contributed by atoms with van der Waals surface area (Å²) in [6.45, 7) is -2.05. The second-order valence-corrected chi connectivity index (χ2v) is 3.58. The number of para-hydroxylation sites is 1. The third kappa shape index (κ3) is 2.91. The molecule has 1 aliphatic heterocycles. The van der Waals surface area contributed by atoms with E-state index in [1.165, 1.54) is 18.2 Å². The zero-order valence-electron chi connectivity index (χ0n) is 8.86. The molecular weight excluding hydrogens is 232 g/mol. The maximum atomic E-state index is 12.1. The van der Waals surface area contributed by atoms with E-state index >= 15 is 0 Å². The molecule has 0 saturated carbocycles. The van der Waals surface area contributed by atoms with E-state index in [0.29, 0.717) is 13.2 Å². The second-order valence-electron chi connectivity index (χ2n) is 3.58. The summed E-state index contributed by atoms with van der Waals surface area (Å²) in [6.07, 6.45) is 0. The number of carbonyl (C=O) groups excluding carboxylic acids is 1. The van der Waals surface area contributed by atoms with Gasteiger partial charge in [0.1, 0.15) is 5.75 Å². The molecular formula is C11H11F2NO3. The van der Waals surface area contributed by atoms with Crippen molar-refractivity contribution in [3.63, 3.8) is 0 Å². The summed E-state index contributed by atoms with van der Waals surface area (Å²) in [5, 5.41) is 2.66. The molecule has 17 heavy (non-hydrogen) atoms. The molecule has 0 spiro atoms. The first-order valence-electron chi connectivity index (χ1n) is 5.09. The molecule has 1 heterocycles. The average molecular weight is 243 g/mol. The van der Waals surface area contributed by atoms with Crippen molar-refractivity contribution in [1.82, 2.24) is 5.32 Å². The van der Waals surface area contributed by atoms with E-state index in [-0.39, 0.29) is 17.4 Å². The van der Waals surface area contributed by atoms with Gasteiger partial charge in [-0.2, -0.15) is 8.78 Å². The first-order chi connectivity index (χ1) is 8.16. The predicted octanol–water partition coefficient (Wildman–Crippen LogP) is 1.42. The zero-order valence-corrected chi connectivity index (χ0v) is 8.86. The lowest BCUT2D eigenvalue weighted by molar-refractivity contribution is -0.0502. The molecule has 0 radical (unpaired) electrons. The normalized spacial score (nSPS) is 15.5. The third-order valence-corrected chi connectivity index (χ3v) is 2.32. The molecule has 1 N–H and O–H groups in total. The fourth-order valence-electron chi connectivity index (χ4n) is 1.44. The first kappa shape index (κ1) is 11.8. The van der Waals surface area contributed by atoms with E-state index in [1.54, 1.807) is 6.07 Å². The fraction of sp³-hybridized carbons (Fsp3) is 0.364. The molecule has 2 rings (SSSR count). The molecule has 1 aromatic rings. The van der Waals surface area contributed by atoms with Gasteiger partial charge in [0.05, 0.1) is 24.8 Å². The van der Waals surface area contributed by atoms with Crippen LogP contribution in [-0.4, -0.2) is 31.8 Å². The summed E-state index contributed by atoms with van der Waals surface area (Å²) in [5.41, 5.74) is 0.0969. The Balaban J connectivity index is 2.09. The molecule has 0 aliphatic carbocycles. The Morgan fingerprint density at radius 2 is 2.12 bits per heavy atom. The lowest BCUT2D eigenvalue weighted by atomic mass is 10.1. The van der Waals surface area contributed by atoms with Crippen LogP contribution in [0.1, 0.15) is 10.4 Å². The van der Waals surface area contributed by atoms with Gasteiger partial charge in [-0.25, -0.2) is 0 Å². The van der Waals surface area contributed by atoms with Gasteiger partial charge in [-0.15, -0.1) is 0 Å². The maximum Gasteiger partial charge on any atom is 0.387 e. The second kappa shape index (κ2) is 5.09. The van der Waals surface area contributed by atoms with Gasteiger partial charge in [0.2, 0.25) is 0 Å². The number of amides is 1. The summed E-state index contributed by atoms with van der Waals surface area (Å²) < 4.78 is 33.4. The van der Waals surface area contributed by atoms with E-state index in [9.17, 15) is 13.6 Å². The Morgan fingerprint density at radius 1 is 1.41 bits per heavy atom. The van der Waals surface area contributed by atoms with Crippen molar-refractivity contribution in [2.24, 2.45) is 0 Å². The van der Waals surface area contributed by atoms with Crippen LogP contribution >= 0.6 is 0 Å². The number of carbonyl (C=O) groups is 1.